The van der Waals surface area contributed by atoms with Crippen LogP contribution in [-0.4, -0.2) is 33.7 Å². The van der Waals surface area contributed by atoms with E-state index in [1.807, 2.05) is 30.3 Å². The maximum atomic E-state index is 12.9. The van der Waals surface area contributed by atoms with Crippen molar-refractivity contribution in [3.63, 3.8) is 0 Å². The molecule has 142 valence electrons. The predicted molar refractivity (Wildman–Crippen MR) is 109 cm³/mol. The Bertz CT molecular complexity index is 896. The first-order chi connectivity index (χ1) is 11.8. The van der Waals surface area contributed by atoms with Gasteiger partial charge in [-0.1, -0.05) is 6.07 Å². The predicted octanol–water partition coefficient (Wildman–Crippen LogP) is 2.44. The van der Waals surface area contributed by atoms with Crippen LogP contribution in [0.1, 0.15) is 26.5 Å². The number of sulfonamides is 1. The Morgan fingerprint density at radius 1 is 1.31 bits per heavy atom. The van der Waals surface area contributed by atoms with E-state index in [0.29, 0.717) is 24.4 Å². The van der Waals surface area contributed by atoms with E-state index < -0.39 is 10.0 Å². The van der Waals surface area contributed by atoms with E-state index in [0.717, 1.165) is 40.9 Å². The molecule has 3 rings (SSSR count). The molecule has 2 aromatic rings. The van der Waals surface area contributed by atoms with E-state index in [2.05, 4.69) is 4.72 Å². The molecule has 3 N–H and O–H groups in total. The third-order valence-corrected chi connectivity index (χ3v) is 6.00. The molecule has 0 spiro atoms. The number of nitrogens with two attached hydrogens (primary N) is 1. The average Bonchev–Trinajstić information content (AvgIpc) is 3.02. The number of hydrogen-bond donors (Lipinski definition) is 2. The molecule has 6 nitrogen and oxygen atoms in total. The zero-order chi connectivity index (χ0) is 18.0. The molecule has 0 saturated carbocycles. The number of nitrogens with zero attached hydrogens (tertiary/aromatic N) is 1. The normalized spacial score (nSPS) is 13.8. The van der Waals surface area contributed by atoms with Crippen molar-refractivity contribution >= 4 is 51.0 Å². The zero-order valence-electron chi connectivity index (χ0n) is 14.4. The lowest BCUT2D eigenvalue weighted by atomic mass is 10.00. The minimum Gasteiger partial charge on any atom is -0.398 e. The highest BCUT2D eigenvalue weighted by Gasteiger charge is 2.25. The SMILES string of the molecule is CS(=O)(=O)NCCc1ccc(C(=O)N2CCCc3c(N)cccc32)s1.Cl. The minimum absolute atomic E-state index is 0. The zero-order valence-corrected chi connectivity index (χ0v) is 16.8. The minimum atomic E-state index is -3.19. The molecule has 0 bridgehead atoms. The molecule has 26 heavy (non-hydrogen) atoms. The van der Waals surface area contributed by atoms with Gasteiger partial charge >= 0.3 is 0 Å². The Labute approximate surface area is 163 Å². The Morgan fingerprint density at radius 2 is 2.08 bits per heavy atom. The number of benzene rings is 1. The summed E-state index contributed by atoms with van der Waals surface area (Å²) >= 11 is 1.41. The van der Waals surface area contributed by atoms with Crippen molar-refractivity contribution in [3.05, 3.63) is 45.6 Å². The summed E-state index contributed by atoms with van der Waals surface area (Å²) in [7, 11) is -3.19. The van der Waals surface area contributed by atoms with Crippen LogP contribution < -0.4 is 15.4 Å². The van der Waals surface area contributed by atoms with Gasteiger partial charge in [0.15, 0.2) is 0 Å². The van der Waals surface area contributed by atoms with E-state index in [-0.39, 0.29) is 18.3 Å². The smallest absolute Gasteiger partial charge is 0.268 e. The maximum Gasteiger partial charge on any atom is 0.268 e. The van der Waals surface area contributed by atoms with Crippen molar-refractivity contribution in [2.75, 3.05) is 30.0 Å². The maximum absolute atomic E-state index is 12.9. The fourth-order valence-electron chi connectivity index (χ4n) is 2.98. The van der Waals surface area contributed by atoms with Crippen molar-refractivity contribution in [1.82, 2.24) is 4.72 Å². The van der Waals surface area contributed by atoms with Crippen LogP contribution in [0.25, 0.3) is 0 Å². The van der Waals surface area contributed by atoms with Crippen molar-refractivity contribution in [1.29, 1.82) is 0 Å². The van der Waals surface area contributed by atoms with E-state index in [4.69, 9.17) is 5.73 Å². The molecule has 1 amide bonds. The van der Waals surface area contributed by atoms with Crippen LogP contribution in [0.4, 0.5) is 11.4 Å². The van der Waals surface area contributed by atoms with Crippen LogP contribution >= 0.6 is 23.7 Å². The number of nitrogens with one attached hydrogen (secondary N) is 1. The van der Waals surface area contributed by atoms with Crippen LogP contribution in [0.15, 0.2) is 30.3 Å². The first-order valence-electron chi connectivity index (χ1n) is 8.08. The molecule has 0 fully saturated rings. The summed E-state index contributed by atoms with van der Waals surface area (Å²) in [5.74, 6) is -0.0288. The number of nitrogen functional groups attached to an aromatic ring is 1. The molecule has 0 aliphatic carbocycles. The topological polar surface area (TPSA) is 92.5 Å². The van der Waals surface area contributed by atoms with Crippen LogP contribution in [0.2, 0.25) is 0 Å². The quantitative estimate of drug-likeness (QED) is 0.733. The number of thiophene rings is 1. The number of rotatable bonds is 5. The molecular formula is C17H22ClN3O3S2. The van der Waals surface area contributed by atoms with Gasteiger partial charge in [-0.2, -0.15) is 0 Å². The van der Waals surface area contributed by atoms with Gasteiger partial charge in [-0.3, -0.25) is 4.79 Å². The number of anilines is 2. The van der Waals surface area contributed by atoms with Crippen LogP contribution in [0, 0.1) is 0 Å². The molecule has 1 aromatic carbocycles. The molecule has 1 aliphatic rings. The van der Waals surface area contributed by atoms with Gasteiger partial charge < -0.3 is 10.6 Å². The van der Waals surface area contributed by atoms with E-state index in [1.54, 1.807) is 4.90 Å². The van der Waals surface area contributed by atoms with Gasteiger partial charge in [0, 0.05) is 29.3 Å². The highest BCUT2D eigenvalue weighted by Crippen LogP contribution is 2.33. The highest BCUT2D eigenvalue weighted by atomic mass is 35.5. The van der Waals surface area contributed by atoms with Crippen molar-refractivity contribution in [2.24, 2.45) is 0 Å². The number of carbonyl (C=O) groups is 1. The van der Waals surface area contributed by atoms with Crippen LogP contribution in [-0.2, 0) is 22.9 Å². The van der Waals surface area contributed by atoms with Crippen molar-refractivity contribution in [3.8, 4) is 0 Å². The second-order valence-electron chi connectivity index (χ2n) is 6.09. The Hall–Kier alpha value is -1.61. The molecule has 0 unspecified atom stereocenters. The Balaban J connectivity index is 0.00000243. The van der Waals surface area contributed by atoms with Gasteiger partial charge in [0.2, 0.25) is 10.0 Å². The lowest BCUT2D eigenvalue weighted by Gasteiger charge is -2.30. The van der Waals surface area contributed by atoms with Gasteiger partial charge in [-0.15, -0.1) is 23.7 Å². The van der Waals surface area contributed by atoms with Crippen molar-refractivity contribution in [2.45, 2.75) is 19.3 Å². The highest BCUT2D eigenvalue weighted by molar-refractivity contribution is 7.88. The first-order valence-corrected chi connectivity index (χ1v) is 10.8. The molecule has 0 radical (unpaired) electrons. The molecular weight excluding hydrogens is 394 g/mol. The Morgan fingerprint density at radius 3 is 2.81 bits per heavy atom. The monoisotopic (exact) mass is 415 g/mol. The molecule has 9 heteroatoms. The summed E-state index contributed by atoms with van der Waals surface area (Å²) in [6, 6.07) is 9.37. The van der Waals surface area contributed by atoms with Gasteiger partial charge in [-0.25, -0.2) is 13.1 Å². The van der Waals surface area contributed by atoms with Gasteiger partial charge in [0.25, 0.3) is 5.91 Å². The van der Waals surface area contributed by atoms with Crippen LogP contribution in [0.3, 0.4) is 0 Å². The standard InChI is InChI=1S/C17H21N3O3S2.ClH/c1-25(22,23)19-10-9-12-7-8-16(24-12)17(21)20-11-3-4-13-14(18)5-2-6-15(13)20;/h2,5-8,19H,3-4,9-11,18H2,1H3;1H. The average molecular weight is 416 g/mol. The van der Waals surface area contributed by atoms with Gasteiger partial charge in [0.05, 0.1) is 11.1 Å². The number of hydrogen-bond acceptors (Lipinski definition) is 5. The van der Waals surface area contributed by atoms with Gasteiger partial charge in [-0.05, 0) is 49.1 Å². The summed E-state index contributed by atoms with van der Waals surface area (Å²) in [6.07, 6.45) is 3.48. The summed E-state index contributed by atoms with van der Waals surface area (Å²) in [4.78, 5) is 16.3. The van der Waals surface area contributed by atoms with E-state index >= 15 is 0 Å². The fourth-order valence-corrected chi connectivity index (χ4v) is 4.41. The molecule has 1 aromatic heterocycles. The second kappa shape index (κ2) is 8.39. The summed E-state index contributed by atoms with van der Waals surface area (Å²) in [5, 5.41) is 0. The third-order valence-electron chi connectivity index (χ3n) is 4.14. The molecule has 2 heterocycles. The van der Waals surface area contributed by atoms with E-state index in [9.17, 15) is 13.2 Å². The molecule has 0 saturated heterocycles. The number of fused-ring (bicyclic) bond motifs is 1. The lowest BCUT2D eigenvalue weighted by Crippen LogP contribution is -2.35. The Kier molecular flexibility index (Phi) is 6.68. The number of halogens is 1. The van der Waals surface area contributed by atoms with Crippen molar-refractivity contribution < 1.29 is 13.2 Å². The van der Waals surface area contributed by atoms with E-state index in [1.165, 1.54) is 11.3 Å². The second-order valence-corrected chi connectivity index (χ2v) is 9.09. The summed E-state index contributed by atoms with van der Waals surface area (Å²) < 4.78 is 24.7. The number of amides is 1. The van der Waals surface area contributed by atoms with Gasteiger partial charge in [0.1, 0.15) is 0 Å². The van der Waals surface area contributed by atoms with Crippen LogP contribution in [0.5, 0.6) is 0 Å². The summed E-state index contributed by atoms with van der Waals surface area (Å²) in [5.41, 5.74) is 8.71. The fraction of sp³-hybridized carbons (Fsp3) is 0.353. The summed E-state index contributed by atoms with van der Waals surface area (Å²) in [6.45, 7) is 1.01. The third kappa shape index (κ3) is 4.76. The lowest BCUT2D eigenvalue weighted by molar-refractivity contribution is 0.0989. The molecule has 1 aliphatic heterocycles. The number of carbonyl (C=O) groups excluding carboxylic acids is 1. The molecule has 0 atom stereocenters. The largest absolute Gasteiger partial charge is 0.398 e. The first kappa shape index (κ1) is 20.7.